The summed E-state index contributed by atoms with van der Waals surface area (Å²) in [6.07, 6.45) is 5.51. The summed E-state index contributed by atoms with van der Waals surface area (Å²) < 4.78 is 48.9. The predicted molar refractivity (Wildman–Crippen MR) is 122 cm³/mol. The highest BCUT2D eigenvalue weighted by Gasteiger charge is 2.35. The molecule has 2 aliphatic heterocycles. The summed E-state index contributed by atoms with van der Waals surface area (Å²) in [7, 11) is -4.11. The van der Waals surface area contributed by atoms with Gasteiger partial charge in [-0.2, -0.15) is 0 Å². The number of nitrogens with zero attached hydrogens (tertiary/aromatic N) is 2. The number of anilines is 1. The lowest BCUT2D eigenvalue weighted by molar-refractivity contribution is 0.0665. The molecule has 1 saturated heterocycles. The Labute approximate surface area is 191 Å². The Bertz CT molecular complexity index is 1190. The SMILES string of the molecule is O=S(=O)(Nc1nccs1)c1cc2c(cc1F)[C@@H](N1CCCC[C@H]1c1ccccc1)CCO2. The van der Waals surface area contributed by atoms with Crippen LogP contribution in [-0.2, 0) is 10.0 Å². The van der Waals surface area contributed by atoms with E-state index in [1.54, 1.807) is 5.38 Å². The number of piperidine rings is 1. The van der Waals surface area contributed by atoms with E-state index < -0.39 is 20.7 Å². The van der Waals surface area contributed by atoms with Gasteiger partial charge >= 0.3 is 0 Å². The normalized spacial score (nSPS) is 21.5. The van der Waals surface area contributed by atoms with Crippen LogP contribution < -0.4 is 9.46 Å². The molecule has 0 saturated carbocycles. The molecule has 2 atom stereocenters. The number of sulfonamides is 1. The van der Waals surface area contributed by atoms with Gasteiger partial charge in [-0.25, -0.2) is 17.8 Å². The fourth-order valence-corrected chi connectivity index (χ4v) is 6.59. The van der Waals surface area contributed by atoms with Gasteiger partial charge in [0.05, 0.1) is 6.61 Å². The highest BCUT2D eigenvalue weighted by atomic mass is 32.2. The van der Waals surface area contributed by atoms with Gasteiger partial charge in [0.25, 0.3) is 10.0 Å². The fraction of sp³-hybridized carbons (Fsp3) is 0.348. The molecule has 6 nitrogen and oxygen atoms in total. The lowest BCUT2D eigenvalue weighted by Crippen LogP contribution is -2.39. The van der Waals surface area contributed by atoms with Crippen molar-refractivity contribution in [2.24, 2.45) is 0 Å². The van der Waals surface area contributed by atoms with Crippen molar-refractivity contribution in [3.05, 3.63) is 71.0 Å². The minimum atomic E-state index is -4.11. The van der Waals surface area contributed by atoms with Gasteiger partial charge in [0, 0.05) is 41.7 Å². The standard InChI is InChI=1S/C23H24FN3O3S2/c24-18-14-17-20(27-11-5-4-8-19(27)16-6-2-1-3-7-16)9-12-30-21(17)15-22(18)32(28,29)26-23-25-10-13-31-23/h1-3,6-7,10,13-15,19-20H,4-5,8-9,11-12H2,(H,25,26)/t19-,20-/m0/s1. The van der Waals surface area contributed by atoms with Crippen LogP contribution in [0.2, 0.25) is 0 Å². The molecule has 0 radical (unpaired) electrons. The number of hydrogen-bond acceptors (Lipinski definition) is 6. The van der Waals surface area contributed by atoms with Gasteiger partial charge in [-0.3, -0.25) is 9.62 Å². The zero-order chi connectivity index (χ0) is 22.1. The fourth-order valence-electron chi connectivity index (χ4n) is 4.73. The lowest BCUT2D eigenvalue weighted by atomic mass is 9.89. The lowest BCUT2D eigenvalue weighted by Gasteiger charge is -2.43. The van der Waals surface area contributed by atoms with E-state index in [1.165, 1.54) is 23.9 Å². The highest BCUT2D eigenvalue weighted by molar-refractivity contribution is 7.93. The van der Waals surface area contributed by atoms with Crippen molar-refractivity contribution in [2.75, 3.05) is 17.9 Å². The topological polar surface area (TPSA) is 71.5 Å². The van der Waals surface area contributed by atoms with Crippen LogP contribution in [0.5, 0.6) is 5.75 Å². The van der Waals surface area contributed by atoms with Crippen LogP contribution in [0.1, 0.15) is 48.9 Å². The van der Waals surface area contributed by atoms with Crippen LogP contribution in [0.25, 0.3) is 0 Å². The summed E-state index contributed by atoms with van der Waals surface area (Å²) in [6, 6.07) is 13.3. The molecule has 1 N–H and O–H groups in total. The van der Waals surface area contributed by atoms with Crippen molar-refractivity contribution < 1.29 is 17.5 Å². The van der Waals surface area contributed by atoms with Crippen molar-refractivity contribution in [2.45, 2.75) is 42.7 Å². The number of thiazole rings is 1. The molecule has 3 heterocycles. The highest BCUT2D eigenvalue weighted by Crippen LogP contribution is 2.44. The second-order valence-corrected chi connectivity index (χ2v) is 10.6. The monoisotopic (exact) mass is 473 g/mol. The molecule has 32 heavy (non-hydrogen) atoms. The molecule has 168 valence electrons. The van der Waals surface area contributed by atoms with Crippen LogP contribution >= 0.6 is 11.3 Å². The first kappa shape index (κ1) is 21.4. The maximum Gasteiger partial charge on any atom is 0.266 e. The third kappa shape index (κ3) is 4.12. The van der Waals surface area contributed by atoms with Crippen molar-refractivity contribution in [3.63, 3.8) is 0 Å². The van der Waals surface area contributed by atoms with Gasteiger partial charge in [-0.1, -0.05) is 36.8 Å². The predicted octanol–water partition coefficient (Wildman–Crippen LogP) is 5.13. The molecule has 0 spiro atoms. The van der Waals surface area contributed by atoms with Crippen molar-refractivity contribution in [3.8, 4) is 5.75 Å². The van der Waals surface area contributed by atoms with E-state index >= 15 is 4.39 Å². The Balaban J connectivity index is 1.49. The quantitative estimate of drug-likeness (QED) is 0.556. The van der Waals surface area contributed by atoms with Gasteiger partial charge in [-0.05, 0) is 31.0 Å². The van der Waals surface area contributed by atoms with Crippen LogP contribution in [0, 0.1) is 5.82 Å². The van der Waals surface area contributed by atoms with Gasteiger partial charge in [0.2, 0.25) is 0 Å². The first-order valence-electron chi connectivity index (χ1n) is 10.7. The van der Waals surface area contributed by atoms with Crippen LogP contribution in [0.4, 0.5) is 9.52 Å². The average Bonchev–Trinajstić information content (AvgIpc) is 3.31. The Morgan fingerprint density at radius 1 is 1.12 bits per heavy atom. The summed E-state index contributed by atoms with van der Waals surface area (Å²) in [4.78, 5) is 5.93. The molecular weight excluding hydrogens is 449 g/mol. The molecule has 0 aliphatic carbocycles. The van der Waals surface area contributed by atoms with Gasteiger partial charge < -0.3 is 4.74 Å². The number of fused-ring (bicyclic) bond motifs is 1. The Hall–Kier alpha value is -2.49. The summed E-state index contributed by atoms with van der Waals surface area (Å²) in [6.45, 7) is 1.37. The first-order valence-corrected chi connectivity index (χ1v) is 13.1. The molecule has 0 amide bonds. The maximum absolute atomic E-state index is 15.2. The molecule has 3 aromatic rings. The van der Waals surface area contributed by atoms with Gasteiger partial charge in [0.15, 0.2) is 5.13 Å². The minimum Gasteiger partial charge on any atom is -0.493 e. The van der Waals surface area contributed by atoms with Gasteiger partial charge in [-0.15, -0.1) is 11.3 Å². The zero-order valence-corrected chi connectivity index (χ0v) is 19.0. The molecule has 0 bridgehead atoms. The summed E-state index contributed by atoms with van der Waals surface area (Å²) >= 11 is 1.13. The summed E-state index contributed by atoms with van der Waals surface area (Å²) in [5, 5.41) is 1.84. The number of nitrogens with one attached hydrogen (secondary N) is 1. The van der Waals surface area contributed by atoms with E-state index in [1.807, 2.05) is 18.2 Å². The van der Waals surface area contributed by atoms with Gasteiger partial charge in [0.1, 0.15) is 16.5 Å². The van der Waals surface area contributed by atoms with E-state index in [2.05, 4.69) is 26.7 Å². The Morgan fingerprint density at radius 2 is 1.97 bits per heavy atom. The van der Waals surface area contributed by atoms with Crippen LogP contribution in [0.15, 0.2) is 58.9 Å². The number of aromatic nitrogens is 1. The third-order valence-electron chi connectivity index (χ3n) is 6.14. The molecule has 0 unspecified atom stereocenters. The smallest absolute Gasteiger partial charge is 0.266 e. The second kappa shape index (κ2) is 8.80. The van der Waals surface area contributed by atoms with E-state index in [4.69, 9.17) is 4.74 Å². The number of rotatable bonds is 5. The molecule has 1 fully saturated rings. The maximum atomic E-state index is 15.2. The molecule has 2 aliphatic rings. The van der Waals surface area contributed by atoms with E-state index in [9.17, 15) is 8.42 Å². The minimum absolute atomic E-state index is 0.0255. The second-order valence-electron chi connectivity index (χ2n) is 8.08. The average molecular weight is 474 g/mol. The zero-order valence-electron chi connectivity index (χ0n) is 17.4. The molecule has 5 rings (SSSR count). The number of hydrogen-bond donors (Lipinski definition) is 1. The number of halogens is 1. The van der Waals surface area contributed by atoms with Crippen molar-refractivity contribution in [1.29, 1.82) is 0 Å². The third-order valence-corrected chi connectivity index (χ3v) is 8.32. The number of benzene rings is 2. The van der Waals surface area contributed by atoms with Crippen LogP contribution in [-0.4, -0.2) is 31.5 Å². The molecular formula is C23H24FN3O3S2. The van der Waals surface area contributed by atoms with Crippen molar-refractivity contribution in [1.82, 2.24) is 9.88 Å². The Morgan fingerprint density at radius 3 is 2.75 bits per heavy atom. The molecule has 9 heteroatoms. The Kier molecular flexibility index (Phi) is 5.88. The number of ether oxygens (including phenoxy) is 1. The van der Waals surface area contributed by atoms with E-state index in [0.717, 1.165) is 43.6 Å². The first-order chi connectivity index (χ1) is 15.5. The molecule has 2 aromatic carbocycles. The molecule has 1 aromatic heterocycles. The van der Waals surface area contributed by atoms with E-state index in [0.29, 0.717) is 17.9 Å². The summed E-state index contributed by atoms with van der Waals surface area (Å²) in [5.74, 6) is -0.351. The largest absolute Gasteiger partial charge is 0.493 e. The number of likely N-dealkylation sites (tertiary alicyclic amines) is 1. The summed E-state index contributed by atoms with van der Waals surface area (Å²) in [5.41, 5.74) is 1.97. The van der Waals surface area contributed by atoms with Crippen molar-refractivity contribution >= 4 is 26.5 Å². The van der Waals surface area contributed by atoms with Crippen LogP contribution in [0.3, 0.4) is 0 Å². The van der Waals surface area contributed by atoms with E-state index in [-0.39, 0.29) is 17.2 Å².